The first-order chi connectivity index (χ1) is 9.61. The van der Waals surface area contributed by atoms with Crippen LogP contribution < -0.4 is 5.76 Å². The Labute approximate surface area is 125 Å². The van der Waals surface area contributed by atoms with Crippen LogP contribution in [-0.2, 0) is 6.42 Å². The van der Waals surface area contributed by atoms with Crippen LogP contribution in [0.5, 0.6) is 0 Å². The number of hydrogen-bond donors (Lipinski definition) is 1. The second-order valence-corrected chi connectivity index (χ2v) is 5.53. The van der Waals surface area contributed by atoms with Crippen molar-refractivity contribution in [3.05, 3.63) is 69.2 Å². The van der Waals surface area contributed by atoms with Gasteiger partial charge in [-0.1, -0.05) is 29.8 Å². The zero-order valence-electron chi connectivity index (χ0n) is 10.4. The Morgan fingerprint density at radius 1 is 1.20 bits per heavy atom. The molecule has 5 heteroatoms. The summed E-state index contributed by atoms with van der Waals surface area (Å²) in [6, 6.07) is 13.1. The van der Waals surface area contributed by atoms with Crippen molar-refractivity contribution in [1.29, 1.82) is 0 Å². The third kappa shape index (κ3) is 2.74. The molecule has 0 fully saturated rings. The summed E-state index contributed by atoms with van der Waals surface area (Å²) in [5, 5.41) is 0.483. The largest absolute Gasteiger partial charge is 0.417 e. The van der Waals surface area contributed by atoms with Gasteiger partial charge in [-0.05, 0) is 41.8 Å². The van der Waals surface area contributed by atoms with Crippen LogP contribution in [0.1, 0.15) is 16.5 Å². The highest BCUT2D eigenvalue weighted by Crippen LogP contribution is 2.28. The molecule has 1 aromatic heterocycles. The first-order valence-electron chi connectivity index (χ1n) is 6.13. The molecule has 0 amide bonds. The Kier molecular flexibility index (Phi) is 3.55. The molecule has 0 saturated heterocycles. The minimum Gasteiger partial charge on any atom is -0.408 e. The molecule has 0 bridgehead atoms. The van der Waals surface area contributed by atoms with Gasteiger partial charge in [0.25, 0.3) is 0 Å². The van der Waals surface area contributed by atoms with Crippen LogP contribution in [0.2, 0.25) is 5.02 Å². The van der Waals surface area contributed by atoms with E-state index in [4.69, 9.17) is 27.6 Å². The van der Waals surface area contributed by atoms with Crippen molar-refractivity contribution in [3.63, 3.8) is 0 Å². The molecule has 1 unspecified atom stereocenters. The lowest BCUT2D eigenvalue weighted by Crippen LogP contribution is -1.95. The Morgan fingerprint density at radius 3 is 2.85 bits per heavy atom. The number of alkyl halides is 1. The molecular weight excluding hydrogens is 297 g/mol. The molecule has 0 spiro atoms. The maximum absolute atomic E-state index is 11.1. The average molecular weight is 308 g/mol. The van der Waals surface area contributed by atoms with Crippen molar-refractivity contribution in [3.8, 4) is 0 Å². The van der Waals surface area contributed by atoms with Gasteiger partial charge in [0, 0.05) is 5.02 Å². The highest BCUT2D eigenvalue weighted by molar-refractivity contribution is 6.30. The van der Waals surface area contributed by atoms with Crippen molar-refractivity contribution >= 4 is 34.3 Å². The van der Waals surface area contributed by atoms with E-state index in [9.17, 15) is 4.79 Å². The van der Waals surface area contributed by atoms with Crippen molar-refractivity contribution in [2.24, 2.45) is 0 Å². The standard InChI is InChI=1S/C15H11Cl2NO2/c16-11-3-1-2-9(6-11)7-12(17)10-4-5-13-14(8-10)20-15(19)18-13/h1-6,8,12H,7H2,(H,18,19). The van der Waals surface area contributed by atoms with Gasteiger partial charge in [0.15, 0.2) is 5.58 Å². The van der Waals surface area contributed by atoms with Crippen molar-refractivity contribution in [2.75, 3.05) is 0 Å². The topological polar surface area (TPSA) is 46.0 Å². The van der Waals surface area contributed by atoms with Crippen molar-refractivity contribution < 1.29 is 4.42 Å². The molecular formula is C15H11Cl2NO2. The Hall–Kier alpha value is -1.71. The number of fused-ring (bicyclic) bond motifs is 1. The first kappa shape index (κ1) is 13.3. The quantitative estimate of drug-likeness (QED) is 0.733. The van der Waals surface area contributed by atoms with Gasteiger partial charge in [-0.25, -0.2) is 4.79 Å². The number of H-pyrrole nitrogens is 1. The number of aromatic amines is 1. The lowest BCUT2D eigenvalue weighted by molar-refractivity contribution is 0.555. The zero-order chi connectivity index (χ0) is 14.1. The van der Waals surface area contributed by atoms with Gasteiger partial charge in [0.1, 0.15) is 0 Å². The molecule has 1 N–H and O–H groups in total. The van der Waals surface area contributed by atoms with E-state index in [1.807, 2.05) is 30.3 Å². The smallest absolute Gasteiger partial charge is 0.408 e. The van der Waals surface area contributed by atoms with Crippen LogP contribution in [0.25, 0.3) is 11.1 Å². The Morgan fingerprint density at radius 2 is 2.05 bits per heavy atom. The van der Waals surface area contributed by atoms with Gasteiger partial charge < -0.3 is 4.42 Å². The lowest BCUT2D eigenvalue weighted by Gasteiger charge is -2.10. The van der Waals surface area contributed by atoms with E-state index in [0.29, 0.717) is 22.5 Å². The highest BCUT2D eigenvalue weighted by atomic mass is 35.5. The predicted molar refractivity (Wildman–Crippen MR) is 80.6 cm³/mol. The van der Waals surface area contributed by atoms with Crippen LogP contribution in [0.4, 0.5) is 0 Å². The van der Waals surface area contributed by atoms with E-state index in [2.05, 4.69) is 4.98 Å². The molecule has 1 atom stereocenters. The molecule has 3 nitrogen and oxygen atoms in total. The summed E-state index contributed by atoms with van der Waals surface area (Å²) >= 11 is 12.4. The SMILES string of the molecule is O=c1[nH]c2ccc(C(Cl)Cc3cccc(Cl)c3)cc2o1. The van der Waals surface area contributed by atoms with Crippen molar-refractivity contribution in [2.45, 2.75) is 11.8 Å². The number of rotatable bonds is 3. The third-order valence-corrected chi connectivity index (χ3v) is 3.75. The van der Waals surface area contributed by atoms with Gasteiger partial charge in [-0.15, -0.1) is 11.6 Å². The molecule has 0 aliphatic rings. The van der Waals surface area contributed by atoms with Crippen LogP contribution in [0.3, 0.4) is 0 Å². The molecule has 0 saturated carbocycles. The average Bonchev–Trinajstić information content (AvgIpc) is 2.77. The highest BCUT2D eigenvalue weighted by Gasteiger charge is 2.11. The molecule has 3 aromatic rings. The molecule has 102 valence electrons. The van der Waals surface area contributed by atoms with E-state index in [-0.39, 0.29) is 5.38 Å². The van der Waals surface area contributed by atoms with E-state index >= 15 is 0 Å². The minimum absolute atomic E-state index is 0.210. The maximum Gasteiger partial charge on any atom is 0.417 e. The number of halogens is 2. The molecule has 1 heterocycles. The second kappa shape index (κ2) is 5.35. The fourth-order valence-electron chi connectivity index (χ4n) is 2.15. The summed E-state index contributed by atoms with van der Waals surface area (Å²) < 4.78 is 5.04. The van der Waals surface area contributed by atoms with Crippen LogP contribution in [0, 0.1) is 0 Å². The minimum atomic E-state index is -0.460. The molecule has 2 aromatic carbocycles. The summed E-state index contributed by atoms with van der Waals surface area (Å²) in [4.78, 5) is 13.7. The Bertz CT molecular complexity index is 807. The molecule has 3 rings (SSSR count). The number of aromatic nitrogens is 1. The van der Waals surface area contributed by atoms with E-state index in [1.165, 1.54) is 0 Å². The van der Waals surface area contributed by atoms with Crippen LogP contribution >= 0.6 is 23.2 Å². The number of benzene rings is 2. The van der Waals surface area contributed by atoms with E-state index in [0.717, 1.165) is 11.1 Å². The van der Waals surface area contributed by atoms with Crippen LogP contribution in [0.15, 0.2) is 51.7 Å². The summed E-state index contributed by atoms with van der Waals surface area (Å²) in [6.07, 6.45) is 0.655. The number of nitrogens with one attached hydrogen (secondary N) is 1. The summed E-state index contributed by atoms with van der Waals surface area (Å²) in [7, 11) is 0. The third-order valence-electron chi connectivity index (χ3n) is 3.11. The predicted octanol–water partition coefficient (Wildman–Crippen LogP) is 4.30. The monoisotopic (exact) mass is 307 g/mol. The molecule has 0 aliphatic carbocycles. The zero-order valence-corrected chi connectivity index (χ0v) is 11.9. The summed E-state index contributed by atoms with van der Waals surface area (Å²) in [6.45, 7) is 0. The molecule has 20 heavy (non-hydrogen) atoms. The van der Waals surface area contributed by atoms with E-state index in [1.54, 1.807) is 12.1 Å². The number of oxazole rings is 1. The van der Waals surface area contributed by atoms with Gasteiger partial charge in [0.2, 0.25) is 0 Å². The second-order valence-electron chi connectivity index (χ2n) is 4.57. The van der Waals surface area contributed by atoms with Gasteiger partial charge in [0.05, 0.1) is 10.9 Å². The van der Waals surface area contributed by atoms with Crippen molar-refractivity contribution in [1.82, 2.24) is 4.98 Å². The van der Waals surface area contributed by atoms with E-state index < -0.39 is 5.76 Å². The maximum atomic E-state index is 11.1. The summed E-state index contributed by atoms with van der Waals surface area (Å²) in [5.41, 5.74) is 3.16. The van der Waals surface area contributed by atoms with Gasteiger partial charge >= 0.3 is 5.76 Å². The van der Waals surface area contributed by atoms with Gasteiger partial charge in [-0.2, -0.15) is 0 Å². The van der Waals surface area contributed by atoms with Crippen LogP contribution in [-0.4, -0.2) is 4.98 Å². The van der Waals surface area contributed by atoms with Gasteiger partial charge in [-0.3, -0.25) is 4.98 Å². The first-order valence-corrected chi connectivity index (χ1v) is 6.94. The molecule has 0 aliphatic heterocycles. The fraction of sp³-hybridized carbons (Fsp3) is 0.133. The molecule has 0 radical (unpaired) electrons. The Balaban J connectivity index is 1.88. The normalized spacial score (nSPS) is 12.7. The number of hydrogen-bond acceptors (Lipinski definition) is 2. The fourth-order valence-corrected chi connectivity index (χ4v) is 2.67. The summed E-state index contributed by atoms with van der Waals surface area (Å²) in [5.74, 6) is -0.460. The lowest BCUT2D eigenvalue weighted by atomic mass is 10.0.